The second kappa shape index (κ2) is 4.70. The Labute approximate surface area is 110 Å². The largest absolute Gasteiger partial charge is 0.377 e. The van der Waals surface area contributed by atoms with Gasteiger partial charge < -0.3 is 4.74 Å². The molecule has 2 aromatic heterocycles. The van der Waals surface area contributed by atoms with Crippen molar-refractivity contribution in [2.75, 3.05) is 13.2 Å². The Morgan fingerprint density at radius 3 is 2.74 bits per heavy atom. The molecule has 5 nitrogen and oxygen atoms in total. The van der Waals surface area contributed by atoms with E-state index in [4.69, 9.17) is 4.74 Å². The summed E-state index contributed by atoms with van der Waals surface area (Å²) in [5.74, 6) is -0.133. The summed E-state index contributed by atoms with van der Waals surface area (Å²) in [5.41, 5.74) is 1.71. The smallest absolute Gasteiger partial charge is 0.131 e. The number of pyridine rings is 1. The number of halogens is 1. The molecule has 1 fully saturated rings. The molecule has 2 aromatic rings. The normalized spacial score (nSPS) is 15.8. The third kappa shape index (κ3) is 2.23. The van der Waals surface area contributed by atoms with Crippen molar-refractivity contribution in [3.05, 3.63) is 29.8 Å². The molecule has 0 unspecified atom stereocenters. The van der Waals surface area contributed by atoms with Crippen LogP contribution in [0, 0.1) is 5.82 Å². The molecule has 3 rings (SSSR count). The van der Waals surface area contributed by atoms with E-state index in [9.17, 15) is 4.39 Å². The quantitative estimate of drug-likeness (QED) is 0.850. The number of nitrogens with zero attached hydrogens (tertiary/aromatic N) is 4. The zero-order chi connectivity index (χ0) is 13.4. The third-order valence-electron chi connectivity index (χ3n) is 3.27. The Kier molecular flexibility index (Phi) is 3.02. The van der Waals surface area contributed by atoms with Crippen LogP contribution in [0.25, 0.3) is 11.4 Å². The SMILES string of the molecule is CC(C)c1cnc(-c2cn(C3COC3)nn2)cc1F. The summed E-state index contributed by atoms with van der Waals surface area (Å²) in [4.78, 5) is 4.26. The van der Waals surface area contributed by atoms with Crippen molar-refractivity contribution in [3.8, 4) is 11.4 Å². The third-order valence-corrected chi connectivity index (χ3v) is 3.27. The van der Waals surface area contributed by atoms with Gasteiger partial charge in [0.05, 0.1) is 25.1 Å². The van der Waals surface area contributed by atoms with Crippen molar-refractivity contribution in [3.63, 3.8) is 0 Å². The first-order valence-corrected chi connectivity index (χ1v) is 6.30. The molecular formula is C13H15FN4O. The Morgan fingerprint density at radius 1 is 1.37 bits per heavy atom. The van der Waals surface area contributed by atoms with E-state index in [1.54, 1.807) is 17.1 Å². The van der Waals surface area contributed by atoms with Crippen molar-refractivity contribution < 1.29 is 9.13 Å². The molecule has 1 saturated heterocycles. The molecule has 0 aliphatic carbocycles. The summed E-state index contributed by atoms with van der Waals surface area (Å²) in [6.45, 7) is 5.17. The van der Waals surface area contributed by atoms with Gasteiger partial charge in [0, 0.05) is 17.8 Å². The van der Waals surface area contributed by atoms with Gasteiger partial charge in [-0.05, 0) is 5.92 Å². The van der Waals surface area contributed by atoms with Gasteiger partial charge in [-0.3, -0.25) is 4.98 Å². The Balaban J connectivity index is 1.89. The van der Waals surface area contributed by atoms with Gasteiger partial charge in [0.1, 0.15) is 17.6 Å². The van der Waals surface area contributed by atoms with Crippen molar-refractivity contribution >= 4 is 0 Å². The lowest BCUT2D eigenvalue weighted by atomic mass is 10.0. The number of aromatic nitrogens is 4. The van der Waals surface area contributed by atoms with Crippen molar-refractivity contribution in [2.24, 2.45) is 0 Å². The van der Waals surface area contributed by atoms with Crippen molar-refractivity contribution in [1.82, 2.24) is 20.0 Å². The molecule has 0 radical (unpaired) electrons. The highest BCUT2D eigenvalue weighted by Gasteiger charge is 2.22. The summed E-state index contributed by atoms with van der Waals surface area (Å²) in [6.07, 6.45) is 3.35. The second-order valence-corrected chi connectivity index (χ2v) is 5.02. The molecule has 3 heterocycles. The minimum absolute atomic E-state index is 0.115. The van der Waals surface area contributed by atoms with Gasteiger partial charge in [-0.15, -0.1) is 5.10 Å². The van der Waals surface area contributed by atoms with E-state index in [0.717, 1.165) is 0 Å². The Bertz CT molecular complexity index is 592. The minimum atomic E-state index is -0.249. The van der Waals surface area contributed by atoms with E-state index in [0.29, 0.717) is 30.2 Å². The van der Waals surface area contributed by atoms with Gasteiger partial charge in [-0.1, -0.05) is 19.1 Å². The van der Waals surface area contributed by atoms with Gasteiger partial charge in [-0.2, -0.15) is 0 Å². The van der Waals surface area contributed by atoms with E-state index < -0.39 is 0 Å². The van der Waals surface area contributed by atoms with Gasteiger partial charge in [-0.25, -0.2) is 9.07 Å². The van der Waals surface area contributed by atoms with Gasteiger partial charge >= 0.3 is 0 Å². The van der Waals surface area contributed by atoms with Crippen LogP contribution in [0.5, 0.6) is 0 Å². The van der Waals surface area contributed by atoms with E-state index in [1.807, 2.05) is 13.8 Å². The molecular weight excluding hydrogens is 247 g/mol. The molecule has 0 bridgehead atoms. The zero-order valence-corrected chi connectivity index (χ0v) is 10.9. The molecule has 1 aliphatic heterocycles. The van der Waals surface area contributed by atoms with Gasteiger partial charge in [0.25, 0.3) is 0 Å². The molecule has 0 atom stereocenters. The van der Waals surface area contributed by atoms with Gasteiger partial charge in [0.2, 0.25) is 0 Å². The minimum Gasteiger partial charge on any atom is -0.377 e. The van der Waals surface area contributed by atoms with Crippen molar-refractivity contribution in [2.45, 2.75) is 25.8 Å². The van der Waals surface area contributed by atoms with Crippen LogP contribution in [0.4, 0.5) is 4.39 Å². The maximum Gasteiger partial charge on any atom is 0.131 e. The Hall–Kier alpha value is -1.82. The maximum absolute atomic E-state index is 13.9. The molecule has 19 heavy (non-hydrogen) atoms. The highest BCUT2D eigenvalue weighted by Crippen LogP contribution is 2.23. The number of hydrogen-bond donors (Lipinski definition) is 0. The molecule has 100 valence electrons. The summed E-state index contributed by atoms with van der Waals surface area (Å²) in [6, 6.07) is 1.65. The average Bonchev–Trinajstić information content (AvgIpc) is 2.75. The molecule has 6 heteroatoms. The number of rotatable bonds is 3. The van der Waals surface area contributed by atoms with E-state index in [1.165, 1.54) is 6.07 Å². The highest BCUT2D eigenvalue weighted by molar-refractivity contribution is 5.52. The fraction of sp³-hybridized carbons (Fsp3) is 0.462. The lowest BCUT2D eigenvalue weighted by Crippen LogP contribution is -2.30. The van der Waals surface area contributed by atoms with Crippen molar-refractivity contribution in [1.29, 1.82) is 0 Å². The summed E-state index contributed by atoms with van der Waals surface area (Å²) in [7, 11) is 0. The molecule has 0 amide bonds. The van der Waals surface area contributed by atoms with E-state index in [-0.39, 0.29) is 17.8 Å². The number of ether oxygens (including phenoxy) is 1. The lowest BCUT2D eigenvalue weighted by molar-refractivity contribution is -0.0293. The highest BCUT2D eigenvalue weighted by atomic mass is 19.1. The van der Waals surface area contributed by atoms with Crippen LogP contribution in [0.3, 0.4) is 0 Å². The van der Waals surface area contributed by atoms with Gasteiger partial charge in [0.15, 0.2) is 0 Å². The van der Waals surface area contributed by atoms with E-state index >= 15 is 0 Å². The first-order valence-electron chi connectivity index (χ1n) is 6.30. The molecule has 1 aliphatic rings. The predicted octanol–water partition coefficient (Wildman–Crippen LogP) is 2.17. The molecule has 0 aromatic carbocycles. The summed E-state index contributed by atoms with van der Waals surface area (Å²) >= 11 is 0. The van der Waals surface area contributed by atoms with Crippen LogP contribution >= 0.6 is 0 Å². The van der Waals surface area contributed by atoms with Crippen LogP contribution in [-0.4, -0.2) is 33.2 Å². The molecule has 0 spiro atoms. The van der Waals surface area contributed by atoms with Crippen LogP contribution in [0.1, 0.15) is 31.4 Å². The number of hydrogen-bond acceptors (Lipinski definition) is 4. The van der Waals surface area contributed by atoms with E-state index in [2.05, 4.69) is 15.3 Å². The van der Waals surface area contributed by atoms with Crippen LogP contribution in [0.15, 0.2) is 18.5 Å². The summed E-state index contributed by atoms with van der Waals surface area (Å²) in [5, 5.41) is 8.06. The first-order chi connectivity index (χ1) is 9.15. The fourth-order valence-electron chi connectivity index (χ4n) is 1.95. The zero-order valence-electron chi connectivity index (χ0n) is 10.9. The fourth-order valence-corrected chi connectivity index (χ4v) is 1.95. The standard InChI is InChI=1S/C13H15FN4O/c1-8(2)10-4-15-12(3-11(10)14)13-5-18(17-16-13)9-6-19-7-9/h3-5,8-9H,6-7H2,1-2H3. The maximum atomic E-state index is 13.9. The van der Waals surface area contributed by atoms with Crippen LogP contribution < -0.4 is 0 Å². The monoisotopic (exact) mass is 262 g/mol. The van der Waals surface area contributed by atoms with Crippen LogP contribution in [0.2, 0.25) is 0 Å². The Morgan fingerprint density at radius 2 is 2.16 bits per heavy atom. The first kappa shape index (κ1) is 12.2. The van der Waals surface area contributed by atoms with Crippen LogP contribution in [-0.2, 0) is 4.74 Å². The molecule has 0 saturated carbocycles. The topological polar surface area (TPSA) is 52.8 Å². The molecule has 0 N–H and O–H groups in total. The summed E-state index contributed by atoms with van der Waals surface area (Å²) < 4.78 is 20.8. The predicted molar refractivity (Wildman–Crippen MR) is 67.2 cm³/mol. The average molecular weight is 262 g/mol. The lowest BCUT2D eigenvalue weighted by Gasteiger charge is -2.25. The second-order valence-electron chi connectivity index (χ2n) is 5.02.